The van der Waals surface area contributed by atoms with Gasteiger partial charge in [0.25, 0.3) is 11.8 Å². The molecule has 0 saturated heterocycles. The topological polar surface area (TPSA) is 109 Å². The molecule has 1 heterocycles. The second-order valence-electron chi connectivity index (χ2n) is 6.23. The molecule has 3 aromatic rings. The average molecular weight is 390 g/mol. The molecule has 1 aromatic heterocycles. The van der Waals surface area contributed by atoms with E-state index in [2.05, 4.69) is 10.6 Å². The number of rotatable bonds is 6. The predicted octanol–water partition coefficient (Wildman–Crippen LogP) is 3.70. The highest BCUT2D eigenvalue weighted by atomic mass is 16.4. The van der Waals surface area contributed by atoms with Gasteiger partial charge in [-0.15, -0.1) is 0 Å². The van der Waals surface area contributed by atoms with Gasteiger partial charge in [-0.05, 0) is 49.4 Å². The fraction of sp³-hybridized carbons (Fsp3) is 0.0455. The van der Waals surface area contributed by atoms with Crippen LogP contribution in [0.4, 0.5) is 5.69 Å². The standard InChI is InChI=1S/C22H18N2O5/c1-14-7-9-15(10-8-14)20(25)24-19(13-18-6-3-11-29-18)21(26)23-17-5-2-4-16(12-17)22(27)28/h2-13H,1H3,(H,23,26)(H,24,25)(H,27,28). The number of carboxylic acids is 1. The lowest BCUT2D eigenvalue weighted by Crippen LogP contribution is -2.30. The van der Waals surface area contributed by atoms with Gasteiger partial charge in [-0.3, -0.25) is 9.59 Å². The van der Waals surface area contributed by atoms with E-state index in [4.69, 9.17) is 9.52 Å². The molecular weight excluding hydrogens is 372 g/mol. The lowest BCUT2D eigenvalue weighted by molar-refractivity contribution is -0.113. The Balaban J connectivity index is 1.84. The van der Waals surface area contributed by atoms with E-state index in [0.29, 0.717) is 11.3 Å². The second kappa shape index (κ2) is 8.71. The summed E-state index contributed by atoms with van der Waals surface area (Å²) >= 11 is 0. The van der Waals surface area contributed by atoms with Gasteiger partial charge in [-0.1, -0.05) is 23.8 Å². The number of benzene rings is 2. The maximum absolute atomic E-state index is 12.8. The Hall–Kier alpha value is -4.13. The van der Waals surface area contributed by atoms with Gasteiger partial charge in [0.2, 0.25) is 0 Å². The minimum Gasteiger partial charge on any atom is -0.478 e. The van der Waals surface area contributed by atoms with Gasteiger partial charge < -0.3 is 20.2 Å². The van der Waals surface area contributed by atoms with Crippen LogP contribution in [0, 0.1) is 6.92 Å². The second-order valence-corrected chi connectivity index (χ2v) is 6.23. The first-order chi connectivity index (χ1) is 13.9. The van der Waals surface area contributed by atoms with Gasteiger partial charge in [0.05, 0.1) is 11.8 Å². The molecule has 3 rings (SSSR count). The molecule has 0 aliphatic carbocycles. The first kappa shape index (κ1) is 19.6. The number of aromatic carboxylic acids is 1. The van der Waals surface area contributed by atoms with Crippen molar-refractivity contribution in [1.29, 1.82) is 0 Å². The molecule has 29 heavy (non-hydrogen) atoms. The van der Waals surface area contributed by atoms with Crippen LogP contribution in [-0.4, -0.2) is 22.9 Å². The summed E-state index contributed by atoms with van der Waals surface area (Å²) in [7, 11) is 0. The molecule has 0 spiro atoms. The maximum atomic E-state index is 12.8. The summed E-state index contributed by atoms with van der Waals surface area (Å²) in [4.78, 5) is 36.4. The Labute approximate surface area is 166 Å². The Morgan fingerprint density at radius 1 is 0.966 bits per heavy atom. The highest BCUT2D eigenvalue weighted by molar-refractivity contribution is 6.10. The molecule has 0 aliphatic heterocycles. The third-order valence-corrected chi connectivity index (χ3v) is 4.00. The molecule has 3 N–H and O–H groups in total. The van der Waals surface area contributed by atoms with Crippen LogP contribution in [0.3, 0.4) is 0 Å². The van der Waals surface area contributed by atoms with Crippen molar-refractivity contribution in [2.45, 2.75) is 6.92 Å². The van der Waals surface area contributed by atoms with Crippen molar-refractivity contribution < 1.29 is 23.9 Å². The van der Waals surface area contributed by atoms with Gasteiger partial charge in [-0.25, -0.2) is 4.79 Å². The highest BCUT2D eigenvalue weighted by Crippen LogP contribution is 2.14. The summed E-state index contributed by atoms with van der Waals surface area (Å²) in [6.07, 6.45) is 2.84. The molecular formula is C22H18N2O5. The molecule has 2 aromatic carbocycles. The fourth-order valence-corrected chi connectivity index (χ4v) is 2.50. The third-order valence-electron chi connectivity index (χ3n) is 4.00. The quantitative estimate of drug-likeness (QED) is 0.556. The number of carboxylic acid groups (broad SMARTS) is 1. The van der Waals surface area contributed by atoms with Crippen LogP contribution in [0.5, 0.6) is 0 Å². The highest BCUT2D eigenvalue weighted by Gasteiger charge is 2.16. The Morgan fingerprint density at radius 3 is 2.38 bits per heavy atom. The summed E-state index contributed by atoms with van der Waals surface area (Å²) < 4.78 is 5.23. The van der Waals surface area contributed by atoms with E-state index in [9.17, 15) is 14.4 Å². The monoisotopic (exact) mass is 390 g/mol. The van der Waals surface area contributed by atoms with Crippen molar-refractivity contribution in [3.05, 3.63) is 95.1 Å². The molecule has 7 heteroatoms. The van der Waals surface area contributed by atoms with Gasteiger partial charge in [0.1, 0.15) is 11.5 Å². The van der Waals surface area contributed by atoms with Crippen LogP contribution in [-0.2, 0) is 4.79 Å². The van der Waals surface area contributed by atoms with E-state index in [1.54, 1.807) is 42.5 Å². The van der Waals surface area contributed by atoms with E-state index >= 15 is 0 Å². The number of aryl methyl sites for hydroxylation is 1. The number of amides is 2. The van der Waals surface area contributed by atoms with E-state index in [0.717, 1.165) is 5.56 Å². The average Bonchev–Trinajstić information content (AvgIpc) is 3.21. The van der Waals surface area contributed by atoms with E-state index in [-0.39, 0.29) is 16.9 Å². The van der Waals surface area contributed by atoms with Crippen LogP contribution < -0.4 is 10.6 Å². The number of carbonyl (C=O) groups excluding carboxylic acids is 2. The Bertz CT molecular complexity index is 1070. The number of hydrogen-bond acceptors (Lipinski definition) is 4. The van der Waals surface area contributed by atoms with Crippen molar-refractivity contribution in [3.63, 3.8) is 0 Å². The summed E-state index contributed by atoms with van der Waals surface area (Å²) in [5.74, 6) is -1.82. The van der Waals surface area contributed by atoms with E-state index in [1.165, 1.54) is 30.5 Å². The molecule has 0 saturated carbocycles. The Kier molecular flexibility index (Phi) is 5.89. The lowest BCUT2D eigenvalue weighted by Gasteiger charge is -2.11. The van der Waals surface area contributed by atoms with Crippen LogP contribution in [0.2, 0.25) is 0 Å². The molecule has 0 fully saturated rings. The lowest BCUT2D eigenvalue weighted by atomic mass is 10.1. The molecule has 0 radical (unpaired) electrons. The van der Waals surface area contributed by atoms with Gasteiger partial charge in [0, 0.05) is 17.3 Å². The zero-order chi connectivity index (χ0) is 20.8. The molecule has 0 bridgehead atoms. The largest absolute Gasteiger partial charge is 0.478 e. The van der Waals surface area contributed by atoms with Crippen molar-refractivity contribution >= 4 is 29.5 Å². The van der Waals surface area contributed by atoms with Gasteiger partial charge >= 0.3 is 5.97 Å². The zero-order valence-electron chi connectivity index (χ0n) is 15.5. The molecule has 0 atom stereocenters. The molecule has 0 unspecified atom stereocenters. The van der Waals surface area contributed by atoms with Crippen LogP contribution in [0.25, 0.3) is 6.08 Å². The predicted molar refractivity (Wildman–Crippen MR) is 107 cm³/mol. The number of anilines is 1. The third kappa shape index (κ3) is 5.20. The minimum atomic E-state index is -1.11. The molecule has 7 nitrogen and oxygen atoms in total. The summed E-state index contributed by atoms with van der Waals surface area (Å²) in [5.41, 5.74) is 1.66. The number of carbonyl (C=O) groups is 3. The summed E-state index contributed by atoms with van der Waals surface area (Å²) in [5, 5.41) is 14.3. The van der Waals surface area contributed by atoms with Crippen molar-refractivity contribution in [1.82, 2.24) is 5.32 Å². The van der Waals surface area contributed by atoms with Gasteiger partial charge in [0.15, 0.2) is 0 Å². The minimum absolute atomic E-state index is 0.0306. The summed E-state index contributed by atoms with van der Waals surface area (Å²) in [6, 6.07) is 16.0. The molecule has 146 valence electrons. The first-order valence-corrected chi connectivity index (χ1v) is 8.70. The molecule has 0 aliphatic rings. The zero-order valence-corrected chi connectivity index (χ0v) is 15.5. The van der Waals surface area contributed by atoms with Crippen molar-refractivity contribution in [3.8, 4) is 0 Å². The van der Waals surface area contributed by atoms with E-state index < -0.39 is 17.8 Å². The van der Waals surface area contributed by atoms with Crippen molar-refractivity contribution in [2.24, 2.45) is 0 Å². The molecule has 2 amide bonds. The van der Waals surface area contributed by atoms with Crippen LogP contribution in [0.15, 0.2) is 77.0 Å². The normalized spacial score (nSPS) is 11.0. The SMILES string of the molecule is Cc1ccc(C(=O)NC(=Cc2ccco2)C(=O)Nc2cccc(C(=O)O)c2)cc1. The summed E-state index contributed by atoms with van der Waals surface area (Å²) in [6.45, 7) is 1.91. The maximum Gasteiger partial charge on any atom is 0.335 e. The van der Waals surface area contributed by atoms with Crippen LogP contribution >= 0.6 is 0 Å². The van der Waals surface area contributed by atoms with Gasteiger partial charge in [-0.2, -0.15) is 0 Å². The van der Waals surface area contributed by atoms with E-state index in [1.807, 2.05) is 6.92 Å². The number of nitrogens with one attached hydrogen (secondary N) is 2. The fourth-order valence-electron chi connectivity index (χ4n) is 2.50. The number of hydrogen-bond donors (Lipinski definition) is 3. The number of furan rings is 1. The Morgan fingerprint density at radius 2 is 1.72 bits per heavy atom. The smallest absolute Gasteiger partial charge is 0.335 e. The van der Waals surface area contributed by atoms with Crippen LogP contribution in [0.1, 0.15) is 32.0 Å². The first-order valence-electron chi connectivity index (χ1n) is 8.70. The van der Waals surface area contributed by atoms with Crippen molar-refractivity contribution in [2.75, 3.05) is 5.32 Å².